The van der Waals surface area contributed by atoms with Gasteiger partial charge >= 0.3 is 6.03 Å². The van der Waals surface area contributed by atoms with Crippen molar-refractivity contribution in [2.75, 3.05) is 5.32 Å². The molecule has 1 saturated carbocycles. The lowest BCUT2D eigenvalue weighted by atomic mass is 10.1. The fourth-order valence-electron chi connectivity index (χ4n) is 2.53. The van der Waals surface area contributed by atoms with Gasteiger partial charge in [0, 0.05) is 27.3 Å². The Bertz CT molecular complexity index is 837. The highest BCUT2D eigenvalue weighted by Crippen LogP contribution is 2.26. The van der Waals surface area contributed by atoms with Crippen LogP contribution in [0.2, 0.25) is 10.0 Å². The second-order valence-corrected chi connectivity index (χ2v) is 7.16. The van der Waals surface area contributed by atoms with Crippen LogP contribution in [-0.2, 0) is 0 Å². The van der Waals surface area contributed by atoms with Crippen LogP contribution in [0.4, 0.5) is 10.5 Å². The van der Waals surface area contributed by atoms with Crippen molar-refractivity contribution in [1.82, 2.24) is 10.6 Å². The molecular formula is C19H19Cl2N3O2. The van der Waals surface area contributed by atoms with Crippen LogP contribution < -0.4 is 16.0 Å². The summed E-state index contributed by atoms with van der Waals surface area (Å²) in [7, 11) is 0. The van der Waals surface area contributed by atoms with Crippen molar-refractivity contribution in [2.24, 2.45) is 0 Å². The number of benzene rings is 2. The second-order valence-electron chi connectivity index (χ2n) is 6.31. The van der Waals surface area contributed by atoms with Crippen molar-refractivity contribution < 1.29 is 9.59 Å². The Morgan fingerprint density at radius 2 is 1.88 bits per heavy atom. The van der Waals surface area contributed by atoms with Crippen molar-refractivity contribution in [2.45, 2.75) is 31.8 Å². The van der Waals surface area contributed by atoms with Crippen LogP contribution in [0, 0.1) is 0 Å². The molecule has 0 saturated heterocycles. The van der Waals surface area contributed by atoms with Gasteiger partial charge in [-0.05, 0) is 55.7 Å². The topological polar surface area (TPSA) is 70.2 Å². The summed E-state index contributed by atoms with van der Waals surface area (Å²) in [6.07, 6.45) is 2.05. The smallest absolute Gasteiger partial charge is 0.319 e. The second kappa shape index (κ2) is 7.98. The molecule has 1 unspecified atom stereocenters. The van der Waals surface area contributed by atoms with Crippen LogP contribution in [0.1, 0.15) is 41.7 Å². The third-order valence-electron chi connectivity index (χ3n) is 4.07. The molecule has 7 heteroatoms. The average Bonchev–Trinajstić information content (AvgIpc) is 3.38. The maximum absolute atomic E-state index is 12.3. The Labute approximate surface area is 162 Å². The number of carbonyl (C=O) groups is 2. The van der Waals surface area contributed by atoms with E-state index in [2.05, 4.69) is 16.0 Å². The number of nitrogens with one attached hydrogen (secondary N) is 3. The molecule has 3 amide bonds. The minimum atomic E-state index is -0.386. The van der Waals surface area contributed by atoms with Crippen LogP contribution in [0.15, 0.2) is 42.5 Å². The zero-order valence-electron chi connectivity index (χ0n) is 14.2. The van der Waals surface area contributed by atoms with Gasteiger partial charge in [-0.2, -0.15) is 0 Å². The fraction of sp³-hybridized carbons (Fsp3) is 0.263. The standard InChI is InChI=1S/C19H19Cl2N3O2/c1-11(16-8-5-13(20)10-17(16)21)22-19(26)24-15-4-2-3-12(9-15)18(25)23-14-6-7-14/h2-5,8-11,14H,6-7H2,1H3,(H,23,25)(H2,22,24,26). The van der Waals surface area contributed by atoms with Gasteiger partial charge in [-0.15, -0.1) is 0 Å². The summed E-state index contributed by atoms with van der Waals surface area (Å²) in [5.41, 5.74) is 1.83. The van der Waals surface area contributed by atoms with Crippen molar-refractivity contribution in [3.8, 4) is 0 Å². The van der Waals surface area contributed by atoms with E-state index in [9.17, 15) is 9.59 Å². The lowest BCUT2D eigenvalue weighted by Crippen LogP contribution is -2.31. The van der Waals surface area contributed by atoms with Gasteiger partial charge in [-0.1, -0.05) is 35.3 Å². The maximum atomic E-state index is 12.3. The van der Waals surface area contributed by atoms with E-state index in [0.29, 0.717) is 21.3 Å². The van der Waals surface area contributed by atoms with Crippen molar-refractivity contribution in [3.05, 3.63) is 63.6 Å². The van der Waals surface area contributed by atoms with Crippen molar-refractivity contribution in [1.29, 1.82) is 0 Å². The quantitative estimate of drug-likeness (QED) is 0.686. The molecule has 0 bridgehead atoms. The summed E-state index contributed by atoms with van der Waals surface area (Å²) in [5.74, 6) is -0.127. The van der Waals surface area contributed by atoms with E-state index in [0.717, 1.165) is 18.4 Å². The first-order valence-electron chi connectivity index (χ1n) is 8.36. The number of carbonyl (C=O) groups excluding carboxylic acids is 2. The summed E-state index contributed by atoms with van der Waals surface area (Å²) < 4.78 is 0. The third-order valence-corrected chi connectivity index (χ3v) is 4.63. The first-order chi connectivity index (χ1) is 12.4. The van der Waals surface area contributed by atoms with Gasteiger partial charge in [0.25, 0.3) is 5.91 Å². The normalized spacial score (nSPS) is 14.4. The SMILES string of the molecule is CC(NC(=O)Nc1cccc(C(=O)NC2CC2)c1)c1ccc(Cl)cc1Cl. The number of hydrogen-bond donors (Lipinski definition) is 3. The molecule has 3 rings (SSSR count). The highest BCUT2D eigenvalue weighted by molar-refractivity contribution is 6.35. The predicted molar refractivity (Wildman–Crippen MR) is 104 cm³/mol. The molecule has 5 nitrogen and oxygen atoms in total. The summed E-state index contributed by atoms with van der Waals surface area (Å²) in [4.78, 5) is 24.3. The number of anilines is 1. The minimum Gasteiger partial charge on any atom is -0.349 e. The molecular weight excluding hydrogens is 373 g/mol. The first-order valence-corrected chi connectivity index (χ1v) is 9.11. The zero-order valence-corrected chi connectivity index (χ0v) is 15.7. The average molecular weight is 392 g/mol. The van der Waals surface area contributed by atoms with E-state index in [4.69, 9.17) is 23.2 Å². The lowest BCUT2D eigenvalue weighted by Gasteiger charge is -2.17. The Kier molecular flexibility index (Phi) is 5.69. The van der Waals surface area contributed by atoms with Crippen LogP contribution in [0.5, 0.6) is 0 Å². The van der Waals surface area contributed by atoms with E-state index in [1.165, 1.54) is 0 Å². The highest BCUT2D eigenvalue weighted by atomic mass is 35.5. The number of hydrogen-bond acceptors (Lipinski definition) is 2. The van der Waals surface area contributed by atoms with Gasteiger partial charge in [0.15, 0.2) is 0 Å². The minimum absolute atomic E-state index is 0.127. The molecule has 1 aliphatic rings. The van der Waals surface area contributed by atoms with Crippen LogP contribution >= 0.6 is 23.2 Å². The summed E-state index contributed by atoms with van der Waals surface area (Å²) >= 11 is 12.1. The van der Waals surface area contributed by atoms with Gasteiger partial charge in [0.2, 0.25) is 0 Å². The molecule has 0 spiro atoms. The van der Waals surface area contributed by atoms with E-state index in [-0.39, 0.29) is 24.0 Å². The Hall–Kier alpha value is -2.24. The van der Waals surface area contributed by atoms with Gasteiger partial charge in [-0.25, -0.2) is 4.79 Å². The van der Waals surface area contributed by atoms with Gasteiger partial charge in [0.05, 0.1) is 6.04 Å². The van der Waals surface area contributed by atoms with Crippen LogP contribution in [0.25, 0.3) is 0 Å². The van der Waals surface area contributed by atoms with Crippen molar-refractivity contribution in [3.63, 3.8) is 0 Å². The third kappa shape index (κ3) is 4.90. The zero-order chi connectivity index (χ0) is 18.7. The summed E-state index contributed by atoms with van der Waals surface area (Å²) in [6.45, 7) is 1.83. The largest absolute Gasteiger partial charge is 0.349 e. The van der Waals surface area contributed by atoms with Crippen LogP contribution in [-0.4, -0.2) is 18.0 Å². The van der Waals surface area contributed by atoms with Gasteiger partial charge in [-0.3, -0.25) is 4.79 Å². The molecule has 0 radical (unpaired) electrons. The van der Waals surface area contributed by atoms with Gasteiger partial charge < -0.3 is 16.0 Å². The Balaban J connectivity index is 1.61. The van der Waals surface area contributed by atoms with E-state index < -0.39 is 0 Å². The molecule has 1 atom stereocenters. The van der Waals surface area contributed by atoms with E-state index >= 15 is 0 Å². The molecule has 2 aromatic carbocycles. The first kappa shape index (κ1) is 18.5. The van der Waals surface area contributed by atoms with E-state index in [1.54, 1.807) is 42.5 Å². The number of halogens is 2. The summed E-state index contributed by atoms with van der Waals surface area (Å²) in [5, 5.41) is 9.51. The molecule has 0 aromatic heterocycles. The van der Waals surface area contributed by atoms with Gasteiger partial charge in [0.1, 0.15) is 0 Å². The highest BCUT2D eigenvalue weighted by Gasteiger charge is 2.23. The molecule has 2 aromatic rings. The number of amides is 3. The molecule has 0 heterocycles. The fourth-order valence-corrected chi connectivity index (χ4v) is 3.10. The molecule has 136 valence electrons. The monoisotopic (exact) mass is 391 g/mol. The van der Waals surface area contributed by atoms with Crippen molar-refractivity contribution >= 4 is 40.8 Å². The molecule has 0 aliphatic heterocycles. The lowest BCUT2D eigenvalue weighted by molar-refractivity contribution is 0.0951. The Morgan fingerprint density at radius 1 is 1.12 bits per heavy atom. The number of urea groups is 1. The van der Waals surface area contributed by atoms with E-state index in [1.807, 2.05) is 6.92 Å². The summed E-state index contributed by atoms with van der Waals surface area (Å²) in [6, 6.07) is 11.6. The molecule has 1 fully saturated rings. The molecule has 1 aliphatic carbocycles. The Morgan fingerprint density at radius 3 is 2.58 bits per heavy atom. The molecule has 3 N–H and O–H groups in total. The number of rotatable bonds is 5. The predicted octanol–water partition coefficient (Wildman–Crippen LogP) is 4.77. The molecule has 26 heavy (non-hydrogen) atoms. The van der Waals surface area contributed by atoms with Crippen LogP contribution in [0.3, 0.4) is 0 Å². The maximum Gasteiger partial charge on any atom is 0.319 e.